The monoisotopic (exact) mass is 313 g/mol. The van der Waals surface area contributed by atoms with Gasteiger partial charge in [-0.15, -0.1) is 0 Å². The lowest BCUT2D eigenvalue weighted by Gasteiger charge is -2.26. The van der Waals surface area contributed by atoms with E-state index in [0.717, 1.165) is 13.1 Å². The molecule has 2 N–H and O–H groups in total. The number of ether oxygens (including phenoxy) is 1. The Bertz CT molecular complexity index is 339. The maximum atomic E-state index is 11.8. The first-order valence-corrected chi connectivity index (χ1v) is 8.57. The summed E-state index contributed by atoms with van der Waals surface area (Å²) in [6, 6.07) is 0.659. The maximum Gasteiger partial charge on any atom is 0.407 e. The molecule has 0 aliphatic carbocycles. The summed E-state index contributed by atoms with van der Waals surface area (Å²) in [4.78, 5) is 14.2. The number of nitrogens with zero attached hydrogens (tertiary/aromatic N) is 1. The predicted octanol–water partition coefficient (Wildman–Crippen LogP) is 2.47. The zero-order valence-corrected chi connectivity index (χ0v) is 15.2. The van der Waals surface area contributed by atoms with Crippen molar-refractivity contribution >= 4 is 6.09 Å². The van der Waals surface area contributed by atoms with Gasteiger partial charge in [0, 0.05) is 19.1 Å². The molecule has 130 valence electrons. The number of hydrogen-bond acceptors (Lipinski definition) is 4. The van der Waals surface area contributed by atoms with E-state index in [-0.39, 0.29) is 6.09 Å². The molecule has 2 atom stereocenters. The molecule has 1 aliphatic heterocycles. The summed E-state index contributed by atoms with van der Waals surface area (Å²) in [6.45, 7) is 13.9. The van der Waals surface area contributed by atoms with E-state index in [9.17, 15) is 4.79 Å². The molecule has 5 heteroatoms. The van der Waals surface area contributed by atoms with E-state index in [1.165, 1.54) is 19.4 Å². The molecule has 22 heavy (non-hydrogen) atoms. The van der Waals surface area contributed by atoms with Gasteiger partial charge in [0.2, 0.25) is 0 Å². The molecule has 0 aromatic rings. The van der Waals surface area contributed by atoms with Crippen LogP contribution in [-0.2, 0) is 4.74 Å². The van der Waals surface area contributed by atoms with Gasteiger partial charge in [-0.25, -0.2) is 4.79 Å². The standard InChI is InChI=1S/C17H35N3O2/c1-13(2)14(11-19-16(21)22-17(3,4)5)10-18-12-15-8-7-9-20(15)6/h13-15,18H,7-12H2,1-6H3,(H,19,21). The highest BCUT2D eigenvalue weighted by molar-refractivity contribution is 5.67. The number of carbonyl (C=O) groups is 1. The first-order chi connectivity index (χ1) is 10.2. The SMILES string of the molecule is CC(C)C(CNCC1CCCN1C)CNC(=O)OC(C)(C)C. The minimum Gasteiger partial charge on any atom is -0.444 e. The third kappa shape index (κ3) is 7.45. The summed E-state index contributed by atoms with van der Waals surface area (Å²) in [6.07, 6.45) is 2.26. The molecule has 0 aromatic carbocycles. The maximum absolute atomic E-state index is 11.8. The fourth-order valence-electron chi connectivity index (χ4n) is 2.74. The Labute approximate surface area is 136 Å². The number of nitrogens with one attached hydrogen (secondary N) is 2. The van der Waals surface area contributed by atoms with E-state index in [1.807, 2.05) is 20.8 Å². The minimum atomic E-state index is -0.442. The van der Waals surface area contributed by atoms with Crippen LogP contribution in [0.4, 0.5) is 4.79 Å². The molecule has 1 amide bonds. The van der Waals surface area contributed by atoms with Crippen molar-refractivity contribution in [3.8, 4) is 0 Å². The molecule has 0 spiro atoms. The Kier molecular flexibility index (Phi) is 7.63. The van der Waals surface area contributed by atoms with Crippen LogP contribution in [-0.4, -0.2) is 55.9 Å². The molecule has 1 aliphatic rings. The van der Waals surface area contributed by atoms with E-state index in [1.54, 1.807) is 0 Å². The molecule has 0 saturated carbocycles. The highest BCUT2D eigenvalue weighted by Gasteiger charge is 2.22. The number of carbonyl (C=O) groups excluding carboxylic acids is 1. The zero-order chi connectivity index (χ0) is 16.8. The predicted molar refractivity (Wildman–Crippen MR) is 91.1 cm³/mol. The second kappa shape index (κ2) is 8.73. The Morgan fingerprint density at radius 3 is 2.50 bits per heavy atom. The molecule has 2 unspecified atom stereocenters. The van der Waals surface area contributed by atoms with Gasteiger partial charge in [-0.1, -0.05) is 13.8 Å². The van der Waals surface area contributed by atoms with Crippen LogP contribution in [0, 0.1) is 11.8 Å². The molecule has 0 aromatic heterocycles. The van der Waals surface area contributed by atoms with Crippen molar-refractivity contribution in [3.05, 3.63) is 0 Å². The first-order valence-electron chi connectivity index (χ1n) is 8.57. The van der Waals surface area contributed by atoms with Gasteiger partial charge >= 0.3 is 6.09 Å². The van der Waals surface area contributed by atoms with Gasteiger partial charge < -0.3 is 20.3 Å². The number of likely N-dealkylation sites (tertiary alicyclic amines) is 1. The van der Waals surface area contributed by atoms with Crippen molar-refractivity contribution in [2.45, 2.75) is 59.1 Å². The summed E-state index contributed by atoms with van der Waals surface area (Å²) in [5.74, 6) is 0.933. The smallest absolute Gasteiger partial charge is 0.407 e. The highest BCUT2D eigenvalue weighted by atomic mass is 16.6. The molecule has 1 rings (SSSR count). The number of likely N-dealkylation sites (N-methyl/N-ethyl adjacent to an activating group) is 1. The van der Waals surface area contributed by atoms with Crippen molar-refractivity contribution in [3.63, 3.8) is 0 Å². The lowest BCUT2D eigenvalue weighted by molar-refractivity contribution is 0.0514. The molecule has 1 heterocycles. The van der Waals surface area contributed by atoms with E-state index in [0.29, 0.717) is 24.4 Å². The zero-order valence-electron chi connectivity index (χ0n) is 15.2. The Hall–Kier alpha value is -0.810. The fourth-order valence-corrected chi connectivity index (χ4v) is 2.74. The molecule has 1 saturated heterocycles. The summed E-state index contributed by atoms with van der Waals surface area (Å²) in [5, 5.41) is 6.47. The Balaban J connectivity index is 2.28. The quantitative estimate of drug-likeness (QED) is 0.758. The van der Waals surface area contributed by atoms with Crippen LogP contribution in [0.5, 0.6) is 0 Å². The normalized spacial score (nSPS) is 21.1. The van der Waals surface area contributed by atoms with Crippen LogP contribution in [0.15, 0.2) is 0 Å². The summed E-state index contributed by atoms with van der Waals surface area (Å²) in [5.41, 5.74) is -0.442. The van der Waals surface area contributed by atoms with Crippen LogP contribution in [0.25, 0.3) is 0 Å². The van der Waals surface area contributed by atoms with Crippen molar-refractivity contribution < 1.29 is 9.53 Å². The van der Waals surface area contributed by atoms with Crippen LogP contribution in [0.3, 0.4) is 0 Å². The van der Waals surface area contributed by atoms with Gasteiger partial charge in [0.1, 0.15) is 5.60 Å². The van der Waals surface area contributed by atoms with Crippen molar-refractivity contribution in [2.24, 2.45) is 11.8 Å². The van der Waals surface area contributed by atoms with E-state index >= 15 is 0 Å². The second-order valence-electron chi connectivity index (χ2n) is 7.82. The lowest BCUT2D eigenvalue weighted by atomic mass is 9.95. The van der Waals surface area contributed by atoms with Crippen molar-refractivity contribution in [1.29, 1.82) is 0 Å². The van der Waals surface area contributed by atoms with Crippen molar-refractivity contribution in [2.75, 3.05) is 33.2 Å². The van der Waals surface area contributed by atoms with Gasteiger partial charge in [0.25, 0.3) is 0 Å². The third-order valence-corrected chi connectivity index (χ3v) is 4.31. The van der Waals surface area contributed by atoms with Gasteiger partial charge in [0.05, 0.1) is 0 Å². The second-order valence-corrected chi connectivity index (χ2v) is 7.82. The molecule has 0 bridgehead atoms. The average molecular weight is 313 g/mol. The summed E-state index contributed by atoms with van der Waals surface area (Å²) in [7, 11) is 2.20. The molecule has 0 radical (unpaired) electrons. The molecule has 1 fully saturated rings. The third-order valence-electron chi connectivity index (χ3n) is 4.31. The van der Waals surface area contributed by atoms with Crippen LogP contribution in [0.1, 0.15) is 47.5 Å². The fraction of sp³-hybridized carbons (Fsp3) is 0.941. The largest absolute Gasteiger partial charge is 0.444 e. The van der Waals surface area contributed by atoms with E-state index in [4.69, 9.17) is 4.74 Å². The van der Waals surface area contributed by atoms with Gasteiger partial charge in [-0.05, 0) is 65.6 Å². The van der Waals surface area contributed by atoms with E-state index in [2.05, 4.69) is 36.4 Å². The minimum absolute atomic E-state index is 0.325. The van der Waals surface area contributed by atoms with Gasteiger partial charge in [-0.3, -0.25) is 0 Å². The van der Waals surface area contributed by atoms with E-state index < -0.39 is 5.60 Å². The van der Waals surface area contributed by atoms with Crippen LogP contribution in [0.2, 0.25) is 0 Å². The van der Waals surface area contributed by atoms with Crippen LogP contribution < -0.4 is 10.6 Å². The number of rotatable bonds is 7. The average Bonchev–Trinajstić information content (AvgIpc) is 2.76. The summed E-state index contributed by atoms with van der Waals surface area (Å²) >= 11 is 0. The number of amides is 1. The molecule has 5 nitrogen and oxygen atoms in total. The van der Waals surface area contributed by atoms with Crippen molar-refractivity contribution in [1.82, 2.24) is 15.5 Å². The van der Waals surface area contributed by atoms with Gasteiger partial charge in [-0.2, -0.15) is 0 Å². The lowest BCUT2D eigenvalue weighted by Crippen LogP contribution is -2.42. The number of hydrogen-bond donors (Lipinski definition) is 2. The first kappa shape index (κ1) is 19.2. The topological polar surface area (TPSA) is 53.6 Å². The highest BCUT2D eigenvalue weighted by Crippen LogP contribution is 2.14. The Morgan fingerprint density at radius 2 is 2.00 bits per heavy atom. The molecular weight excluding hydrogens is 278 g/mol. The Morgan fingerprint density at radius 1 is 1.32 bits per heavy atom. The number of alkyl carbamates (subject to hydrolysis) is 1. The van der Waals surface area contributed by atoms with Gasteiger partial charge in [0.15, 0.2) is 0 Å². The van der Waals surface area contributed by atoms with Crippen LogP contribution >= 0.6 is 0 Å². The molecular formula is C17H35N3O2. The summed E-state index contributed by atoms with van der Waals surface area (Å²) < 4.78 is 5.29.